The molecular formula is C21H29N3O4. The van der Waals surface area contributed by atoms with E-state index in [9.17, 15) is 14.4 Å². The van der Waals surface area contributed by atoms with Gasteiger partial charge in [-0.05, 0) is 17.9 Å². The van der Waals surface area contributed by atoms with Crippen LogP contribution in [0.2, 0.25) is 0 Å². The summed E-state index contributed by atoms with van der Waals surface area (Å²) in [5, 5.41) is 9.16. The summed E-state index contributed by atoms with van der Waals surface area (Å²) < 4.78 is 0. The minimum atomic E-state index is -0.610. The van der Waals surface area contributed by atoms with Gasteiger partial charge in [-0.1, -0.05) is 44.2 Å². The lowest BCUT2D eigenvalue weighted by atomic mass is 9.91. The first-order valence-electron chi connectivity index (χ1n) is 9.83. The number of fused-ring (bicyclic) bond motifs is 1. The Kier molecular flexibility index (Phi) is 6.03. The standard InChI is InChI=1S/C21H29N3O4/c1-14(2)10-22(3)21(28)17-9-16-11-23(19(27)13-25)12-18(26)24(16)20(17)15-7-5-4-6-8-15/h4-8,14,16-17,20,25H,9-13H2,1-3H3/t16-,17-,20-/m0/s1. The Morgan fingerprint density at radius 3 is 2.54 bits per heavy atom. The number of nitrogens with zero attached hydrogens (tertiary/aromatic N) is 3. The molecule has 1 N–H and O–H groups in total. The van der Waals surface area contributed by atoms with Crippen LogP contribution in [-0.2, 0) is 14.4 Å². The third-order valence-corrected chi connectivity index (χ3v) is 5.61. The molecule has 152 valence electrons. The van der Waals surface area contributed by atoms with Gasteiger partial charge in [0.15, 0.2) is 0 Å². The number of rotatable bonds is 5. The maximum absolute atomic E-state index is 13.3. The van der Waals surface area contributed by atoms with Gasteiger partial charge in [0.2, 0.25) is 17.7 Å². The topological polar surface area (TPSA) is 81.2 Å². The summed E-state index contributed by atoms with van der Waals surface area (Å²) in [6, 6.07) is 9.10. The zero-order valence-corrected chi connectivity index (χ0v) is 16.7. The summed E-state index contributed by atoms with van der Waals surface area (Å²) >= 11 is 0. The Balaban J connectivity index is 1.92. The van der Waals surface area contributed by atoms with Gasteiger partial charge in [-0.2, -0.15) is 0 Å². The molecule has 0 aliphatic carbocycles. The predicted molar refractivity (Wildman–Crippen MR) is 104 cm³/mol. The van der Waals surface area contributed by atoms with E-state index in [1.165, 1.54) is 4.90 Å². The number of carbonyl (C=O) groups is 3. The van der Waals surface area contributed by atoms with Crippen molar-refractivity contribution >= 4 is 17.7 Å². The van der Waals surface area contributed by atoms with Crippen LogP contribution in [0.15, 0.2) is 30.3 Å². The smallest absolute Gasteiger partial charge is 0.248 e. The third-order valence-electron chi connectivity index (χ3n) is 5.61. The van der Waals surface area contributed by atoms with Crippen LogP contribution < -0.4 is 0 Å². The number of hydrogen-bond donors (Lipinski definition) is 1. The highest BCUT2D eigenvalue weighted by Gasteiger charge is 2.51. The van der Waals surface area contributed by atoms with Gasteiger partial charge in [-0.15, -0.1) is 0 Å². The van der Waals surface area contributed by atoms with Crippen molar-refractivity contribution < 1.29 is 19.5 Å². The van der Waals surface area contributed by atoms with Crippen molar-refractivity contribution in [3.63, 3.8) is 0 Å². The average Bonchev–Trinajstić information content (AvgIpc) is 3.06. The molecule has 2 aliphatic heterocycles. The van der Waals surface area contributed by atoms with Gasteiger partial charge in [-0.3, -0.25) is 14.4 Å². The van der Waals surface area contributed by atoms with E-state index in [0.29, 0.717) is 25.4 Å². The minimum absolute atomic E-state index is 0.0322. The van der Waals surface area contributed by atoms with Gasteiger partial charge in [0.05, 0.1) is 24.5 Å². The lowest BCUT2D eigenvalue weighted by molar-refractivity contribution is -0.150. The molecular weight excluding hydrogens is 358 g/mol. The van der Waals surface area contributed by atoms with Gasteiger partial charge in [-0.25, -0.2) is 0 Å². The number of hydrogen-bond acceptors (Lipinski definition) is 4. The van der Waals surface area contributed by atoms with E-state index >= 15 is 0 Å². The van der Waals surface area contributed by atoms with Crippen molar-refractivity contribution in [2.24, 2.45) is 11.8 Å². The van der Waals surface area contributed by atoms with Gasteiger partial charge in [0.1, 0.15) is 6.61 Å². The molecule has 0 spiro atoms. The predicted octanol–water partition coefficient (Wildman–Crippen LogP) is 0.894. The molecule has 7 heteroatoms. The molecule has 0 bridgehead atoms. The van der Waals surface area contributed by atoms with Gasteiger partial charge in [0, 0.05) is 20.1 Å². The SMILES string of the molecule is CC(C)CN(C)C(=O)[C@H]1C[C@H]2CN(C(=O)CO)CC(=O)N2[C@H]1c1ccccc1. The van der Waals surface area contributed by atoms with Crippen LogP contribution in [0.3, 0.4) is 0 Å². The number of piperazine rings is 1. The van der Waals surface area contributed by atoms with Crippen molar-refractivity contribution in [3.8, 4) is 0 Å². The fourth-order valence-electron chi connectivity index (χ4n) is 4.53. The van der Waals surface area contributed by atoms with Gasteiger partial charge >= 0.3 is 0 Å². The number of carbonyl (C=O) groups excluding carboxylic acids is 3. The second-order valence-corrected chi connectivity index (χ2v) is 8.20. The summed E-state index contributed by atoms with van der Waals surface area (Å²) in [4.78, 5) is 43.1. The minimum Gasteiger partial charge on any atom is -0.387 e. The lowest BCUT2D eigenvalue weighted by Crippen LogP contribution is -2.56. The summed E-state index contributed by atoms with van der Waals surface area (Å²) in [6.45, 7) is 4.48. The first-order chi connectivity index (χ1) is 13.3. The first kappa shape index (κ1) is 20.3. The zero-order chi connectivity index (χ0) is 20.4. The Hall–Kier alpha value is -2.41. The number of benzene rings is 1. The Morgan fingerprint density at radius 1 is 1.25 bits per heavy atom. The second-order valence-electron chi connectivity index (χ2n) is 8.20. The van der Waals surface area contributed by atoms with Crippen molar-refractivity contribution in [3.05, 3.63) is 35.9 Å². The van der Waals surface area contributed by atoms with Crippen LogP contribution in [0.4, 0.5) is 0 Å². The molecule has 2 fully saturated rings. The molecule has 2 heterocycles. The molecule has 1 aromatic carbocycles. The largest absolute Gasteiger partial charge is 0.387 e. The quantitative estimate of drug-likeness (QED) is 0.814. The van der Waals surface area contributed by atoms with Crippen molar-refractivity contribution in [2.45, 2.75) is 32.4 Å². The summed E-state index contributed by atoms with van der Waals surface area (Å²) in [6.07, 6.45) is 0.516. The van der Waals surface area contributed by atoms with Crippen molar-refractivity contribution in [2.75, 3.05) is 33.3 Å². The van der Waals surface area contributed by atoms with Crippen molar-refractivity contribution in [1.82, 2.24) is 14.7 Å². The number of aliphatic hydroxyl groups excluding tert-OH is 1. The monoisotopic (exact) mass is 387 g/mol. The van der Waals surface area contributed by atoms with Crippen LogP contribution in [0.5, 0.6) is 0 Å². The summed E-state index contributed by atoms with van der Waals surface area (Å²) in [7, 11) is 1.81. The Bertz CT molecular complexity index is 736. The highest BCUT2D eigenvalue weighted by atomic mass is 16.3. The highest BCUT2D eigenvalue weighted by Crippen LogP contribution is 2.43. The molecule has 0 radical (unpaired) electrons. The van der Waals surface area contributed by atoms with E-state index in [4.69, 9.17) is 5.11 Å². The third kappa shape index (κ3) is 3.90. The molecule has 0 saturated carbocycles. The van der Waals surface area contributed by atoms with E-state index in [2.05, 4.69) is 13.8 Å². The fourth-order valence-corrected chi connectivity index (χ4v) is 4.53. The molecule has 3 amide bonds. The highest BCUT2D eigenvalue weighted by molar-refractivity contribution is 5.89. The molecule has 2 saturated heterocycles. The van der Waals surface area contributed by atoms with Crippen LogP contribution in [0.25, 0.3) is 0 Å². The lowest BCUT2D eigenvalue weighted by Gasteiger charge is -2.40. The van der Waals surface area contributed by atoms with Crippen LogP contribution in [0, 0.1) is 11.8 Å². The van der Waals surface area contributed by atoms with Crippen LogP contribution in [0.1, 0.15) is 31.9 Å². The average molecular weight is 387 g/mol. The number of amides is 3. The maximum Gasteiger partial charge on any atom is 0.248 e. The fraction of sp³-hybridized carbons (Fsp3) is 0.571. The molecule has 2 aliphatic rings. The van der Waals surface area contributed by atoms with E-state index in [0.717, 1.165) is 5.56 Å². The Labute approximate surface area is 165 Å². The van der Waals surface area contributed by atoms with E-state index in [1.54, 1.807) is 9.80 Å². The molecule has 28 heavy (non-hydrogen) atoms. The van der Waals surface area contributed by atoms with Crippen LogP contribution >= 0.6 is 0 Å². The van der Waals surface area contributed by atoms with Gasteiger partial charge < -0.3 is 19.8 Å². The summed E-state index contributed by atoms with van der Waals surface area (Å²) in [5.74, 6) is -0.578. The van der Waals surface area contributed by atoms with E-state index in [-0.39, 0.29) is 36.4 Å². The molecule has 0 aromatic heterocycles. The van der Waals surface area contributed by atoms with E-state index < -0.39 is 12.5 Å². The Morgan fingerprint density at radius 2 is 1.93 bits per heavy atom. The van der Waals surface area contributed by atoms with Gasteiger partial charge in [0.25, 0.3) is 0 Å². The van der Waals surface area contributed by atoms with Crippen molar-refractivity contribution in [1.29, 1.82) is 0 Å². The maximum atomic E-state index is 13.3. The number of aliphatic hydroxyl groups is 1. The molecule has 7 nitrogen and oxygen atoms in total. The zero-order valence-electron chi connectivity index (χ0n) is 16.7. The molecule has 3 atom stereocenters. The normalized spacial score (nSPS) is 24.5. The molecule has 1 aromatic rings. The van der Waals surface area contributed by atoms with Crippen LogP contribution in [-0.4, -0.2) is 76.9 Å². The van der Waals surface area contributed by atoms with E-state index in [1.807, 2.05) is 37.4 Å². The summed E-state index contributed by atoms with van der Waals surface area (Å²) in [5.41, 5.74) is 0.941. The second kappa shape index (κ2) is 8.31. The first-order valence-corrected chi connectivity index (χ1v) is 9.83. The molecule has 0 unspecified atom stereocenters. The molecule has 3 rings (SSSR count).